The Morgan fingerprint density at radius 2 is 2.11 bits per heavy atom. The number of rotatable bonds is 8. The number of amides is 1. The number of para-hydroxylation sites is 1. The van der Waals surface area contributed by atoms with Gasteiger partial charge in [-0.15, -0.1) is 10.2 Å². The molecule has 1 N–H and O–H groups in total. The van der Waals surface area contributed by atoms with Gasteiger partial charge < -0.3 is 14.6 Å². The van der Waals surface area contributed by atoms with E-state index in [0.29, 0.717) is 24.3 Å². The first-order valence-electron chi connectivity index (χ1n) is 9.75. The Morgan fingerprint density at radius 1 is 1.26 bits per heavy atom. The van der Waals surface area contributed by atoms with Gasteiger partial charge in [0.05, 0.1) is 5.75 Å². The van der Waals surface area contributed by atoms with E-state index in [4.69, 9.17) is 4.74 Å². The topological polar surface area (TPSA) is 69.0 Å². The summed E-state index contributed by atoms with van der Waals surface area (Å²) in [6, 6.07) is 10.1. The second kappa shape index (κ2) is 8.33. The molecule has 1 aromatic carbocycles. The molecule has 2 saturated carbocycles. The molecule has 0 aliphatic heterocycles. The van der Waals surface area contributed by atoms with Gasteiger partial charge >= 0.3 is 0 Å². The van der Waals surface area contributed by atoms with Gasteiger partial charge in [-0.05, 0) is 50.2 Å². The molecule has 2 aliphatic carbocycles. The molecule has 1 aromatic heterocycles. The molecule has 0 radical (unpaired) electrons. The molecule has 4 rings (SSSR count). The monoisotopic (exact) mass is 386 g/mol. The van der Waals surface area contributed by atoms with Gasteiger partial charge in [-0.1, -0.05) is 36.4 Å². The molecule has 144 valence electrons. The first-order chi connectivity index (χ1) is 13.2. The van der Waals surface area contributed by atoms with Gasteiger partial charge in [0, 0.05) is 12.6 Å². The molecule has 7 heteroatoms. The van der Waals surface area contributed by atoms with Crippen molar-refractivity contribution in [2.24, 2.45) is 11.8 Å². The van der Waals surface area contributed by atoms with Crippen molar-refractivity contribution in [2.45, 2.75) is 57.0 Å². The molecule has 6 nitrogen and oxygen atoms in total. The fraction of sp³-hybridized carbons (Fsp3) is 0.550. The molecule has 1 heterocycles. The molecule has 2 bridgehead atoms. The third-order valence-corrected chi connectivity index (χ3v) is 6.60. The van der Waals surface area contributed by atoms with Crippen molar-refractivity contribution < 1.29 is 9.53 Å². The second-order valence-corrected chi connectivity index (χ2v) is 8.32. The average Bonchev–Trinajstić information content (AvgIpc) is 3.40. The minimum Gasteiger partial charge on any atom is -0.486 e. The van der Waals surface area contributed by atoms with Crippen LogP contribution in [-0.4, -0.2) is 32.5 Å². The maximum Gasteiger partial charge on any atom is 0.230 e. The standard InChI is InChI=1S/C20H26N4O2S/c1-2-24-18(12-26-16-6-4-3-5-7-16)22-23-20(24)27-13-19(25)21-17-11-14-8-9-15(17)10-14/h3-7,14-15,17H,2,8-13H2,1H3,(H,21,25). The number of nitrogens with zero attached hydrogens (tertiary/aromatic N) is 3. The van der Waals surface area contributed by atoms with E-state index in [2.05, 4.69) is 22.4 Å². The first kappa shape index (κ1) is 18.3. The van der Waals surface area contributed by atoms with Crippen LogP contribution in [0.5, 0.6) is 5.75 Å². The van der Waals surface area contributed by atoms with Crippen molar-refractivity contribution in [3.63, 3.8) is 0 Å². The van der Waals surface area contributed by atoms with Gasteiger partial charge in [0.2, 0.25) is 5.91 Å². The van der Waals surface area contributed by atoms with Crippen molar-refractivity contribution in [1.29, 1.82) is 0 Å². The third-order valence-electron chi connectivity index (χ3n) is 5.64. The Hall–Kier alpha value is -2.02. The predicted molar refractivity (Wildman–Crippen MR) is 105 cm³/mol. The number of ether oxygens (including phenoxy) is 1. The minimum absolute atomic E-state index is 0.102. The summed E-state index contributed by atoms with van der Waals surface area (Å²) >= 11 is 1.45. The number of nitrogens with one attached hydrogen (secondary N) is 1. The number of benzene rings is 1. The van der Waals surface area contributed by atoms with Crippen LogP contribution in [0.4, 0.5) is 0 Å². The third kappa shape index (κ3) is 4.29. The van der Waals surface area contributed by atoms with Gasteiger partial charge in [0.15, 0.2) is 11.0 Å². The maximum atomic E-state index is 12.4. The number of aromatic nitrogens is 3. The largest absolute Gasteiger partial charge is 0.486 e. The number of carbonyl (C=O) groups excluding carboxylic acids is 1. The molecule has 0 spiro atoms. The van der Waals surface area contributed by atoms with E-state index in [-0.39, 0.29) is 5.91 Å². The van der Waals surface area contributed by atoms with Crippen LogP contribution in [0.15, 0.2) is 35.5 Å². The van der Waals surface area contributed by atoms with Crippen LogP contribution in [0.1, 0.15) is 38.4 Å². The smallest absolute Gasteiger partial charge is 0.230 e. The highest BCUT2D eigenvalue weighted by Crippen LogP contribution is 2.44. The summed E-state index contributed by atoms with van der Waals surface area (Å²) in [5.74, 6) is 3.60. The van der Waals surface area contributed by atoms with Gasteiger partial charge in [0.1, 0.15) is 12.4 Å². The molecular formula is C20H26N4O2S. The summed E-state index contributed by atoms with van der Waals surface area (Å²) in [6.07, 6.45) is 5.08. The Morgan fingerprint density at radius 3 is 2.81 bits per heavy atom. The SMILES string of the molecule is CCn1c(COc2ccccc2)nnc1SCC(=O)NC1CC2CCC1C2. The van der Waals surface area contributed by atoms with Crippen molar-refractivity contribution in [3.8, 4) is 5.75 Å². The fourth-order valence-electron chi connectivity index (χ4n) is 4.31. The highest BCUT2D eigenvalue weighted by molar-refractivity contribution is 7.99. The average molecular weight is 387 g/mol. The quantitative estimate of drug-likeness (QED) is 0.705. The molecule has 27 heavy (non-hydrogen) atoms. The summed E-state index contributed by atoms with van der Waals surface area (Å²) < 4.78 is 7.79. The highest BCUT2D eigenvalue weighted by atomic mass is 32.2. The normalized spacial score (nSPS) is 23.5. The van der Waals surface area contributed by atoms with Crippen molar-refractivity contribution >= 4 is 17.7 Å². The number of hydrogen-bond acceptors (Lipinski definition) is 5. The lowest BCUT2D eigenvalue weighted by Gasteiger charge is -2.22. The van der Waals surface area contributed by atoms with Gasteiger partial charge in [0.25, 0.3) is 0 Å². The van der Waals surface area contributed by atoms with Crippen LogP contribution in [0, 0.1) is 11.8 Å². The molecule has 0 saturated heterocycles. The van der Waals surface area contributed by atoms with E-state index in [9.17, 15) is 4.79 Å². The van der Waals surface area contributed by atoms with Crippen molar-refractivity contribution in [3.05, 3.63) is 36.2 Å². The Labute approximate surface area is 164 Å². The Balaban J connectivity index is 1.29. The molecular weight excluding hydrogens is 360 g/mol. The summed E-state index contributed by atoms with van der Waals surface area (Å²) in [5, 5.41) is 12.5. The number of thioether (sulfide) groups is 1. The first-order valence-corrected chi connectivity index (χ1v) is 10.7. The second-order valence-electron chi connectivity index (χ2n) is 7.38. The summed E-state index contributed by atoms with van der Waals surface area (Å²) in [4.78, 5) is 12.4. The number of hydrogen-bond donors (Lipinski definition) is 1. The van der Waals surface area contributed by atoms with Crippen LogP contribution >= 0.6 is 11.8 Å². The zero-order chi connectivity index (χ0) is 18.6. The van der Waals surface area contributed by atoms with Crippen molar-refractivity contribution in [2.75, 3.05) is 5.75 Å². The van der Waals surface area contributed by atoms with E-state index in [1.54, 1.807) is 0 Å². The highest BCUT2D eigenvalue weighted by Gasteiger charge is 2.40. The Kier molecular flexibility index (Phi) is 5.66. The molecule has 3 unspecified atom stereocenters. The molecule has 1 amide bonds. The lowest BCUT2D eigenvalue weighted by molar-refractivity contribution is -0.119. The van der Waals surface area contributed by atoms with Gasteiger partial charge in [-0.3, -0.25) is 4.79 Å². The van der Waals surface area contributed by atoms with Crippen molar-refractivity contribution in [1.82, 2.24) is 20.1 Å². The van der Waals surface area contributed by atoms with Gasteiger partial charge in [-0.25, -0.2) is 0 Å². The van der Waals surface area contributed by atoms with Crippen LogP contribution in [0.2, 0.25) is 0 Å². The van der Waals surface area contributed by atoms with E-state index in [1.165, 1.54) is 31.0 Å². The molecule has 2 fully saturated rings. The van der Waals surface area contributed by atoms with E-state index in [1.807, 2.05) is 34.9 Å². The Bertz CT molecular complexity index is 780. The predicted octanol–water partition coefficient (Wildman–Crippen LogP) is 3.27. The van der Waals surface area contributed by atoms with E-state index >= 15 is 0 Å². The zero-order valence-corrected chi connectivity index (χ0v) is 16.5. The summed E-state index contributed by atoms with van der Waals surface area (Å²) in [7, 11) is 0. The zero-order valence-electron chi connectivity index (χ0n) is 15.6. The van der Waals surface area contributed by atoms with Crippen LogP contribution < -0.4 is 10.1 Å². The van der Waals surface area contributed by atoms with E-state index in [0.717, 1.165) is 35.6 Å². The van der Waals surface area contributed by atoms with Crippen LogP contribution in [0.25, 0.3) is 0 Å². The number of fused-ring (bicyclic) bond motifs is 2. The minimum atomic E-state index is 0.102. The molecule has 2 aliphatic rings. The summed E-state index contributed by atoms with van der Waals surface area (Å²) in [6.45, 7) is 3.16. The van der Waals surface area contributed by atoms with E-state index < -0.39 is 0 Å². The van der Waals surface area contributed by atoms with Crippen LogP contribution in [-0.2, 0) is 17.9 Å². The molecule has 2 aromatic rings. The number of carbonyl (C=O) groups is 1. The van der Waals surface area contributed by atoms with Crippen LogP contribution in [0.3, 0.4) is 0 Å². The molecule has 3 atom stereocenters. The maximum absolute atomic E-state index is 12.4. The van der Waals surface area contributed by atoms with Gasteiger partial charge in [-0.2, -0.15) is 0 Å². The fourth-order valence-corrected chi connectivity index (χ4v) is 5.15. The summed E-state index contributed by atoms with van der Waals surface area (Å²) in [5.41, 5.74) is 0. The lowest BCUT2D eigenvalue weighted by atomic mass is 9.95. The lowest BCUT2D eigenvalue weighted by Crippen LogP contribution is -2.39.